The number of rotatable bonds is 5. The van der Waals surface area contributed by atoms with E-state index in [0.717, 1.165) is 0 Å². The van der Waals surface area contributed by atoms with Crippen LogP contribution >= 0.6 is 11.6 Å². The minimum absolute atomic E-state index is 0.136. The fourth-order valence-corrected chi connectivity index (χ4v) is 4.71. The highest BCUT2D eigenvalue weighted by atomic mass is 35.5. The number of halogens is 1. The molecule has 1 aliphatic rings. The summed E-state index contributed by atoms with van der Waals surface area (Å²) in [6.45, 7) is 3.10. The van der Waals surface area contributed by atoms with Gasteiger partial charge < -0.3 is 11.1 Å². The molecule has 0 spiro atoms. The maximum absolute atomic E-state index is 12.8. The standard InChI is InChI=1S/C15H22ClN3O3S/c1-11-9-13(16)4-5-14(11)23(21,22)19-8-2-3-12(10-19)15(20)18-7-6-17/h4-5,9,12H,2-3,6-8,10,17H2,1H3,(H,18,20). The summed E-state index contributed by atoms with van der Waals surface area (Å²) in [5.41, 5.74) is 5.98. The lowest BCUT2D eigenvalue weighted by atomic mass is 9.99. The lowest BCUT2D eigenvalue weighted by Gasteiger charge is -2.31. The molecule has 1 saturated heterocycles. The van der Waals surface area contributed by atoms with Crippen LogP contribution in [0.25, 0.3) is 0 Å². The van der Waals surface area contributed by atoms with Crippen molar-refractivity contribution in [2.45, 2.75) is 24.7 Å². The van der Waals surface area contributed by atoms with E-state index in [1.165, 1.54) is 10.4 Å². The van der Waals surface area contributed by atoms with E-state index in [4.69, 9.17) is 17.3 Å². The van der Waals surface area contributed by atoms with Crippen LogP contribution in [0.2, 0.25) is 5.02 Å². The fourth-order valence-electron chi connectivity index (χ4n) is 2.76. The third kappa shape index (κ3) is 4.23. The number of nitrogens with zero attached hydrogens (tertiary/aromatic N) is 1. The van der Waals surface area contributed by atoms with Crippen LogP contribution in [0.3, 0.4) is 0 Å². The van der Waals surface area contributed by atoms with Crippen LogP contribution in [0.5, 0.6) is 0 Å². The Hall–Kier alpha value is -1.15. The smallest absolute Gasteiger partial charge is 0.243 e. The average molecular weight is 360 g/mol. The Balaban J connectivity index is 2.18. The number of amides is 1. The molecule has 23 heavy (non-hydrogen) atoms. The first-order chi connectivity index (χ1) is 10.9. The van der Waals surface area contributed by atoms with Crippen molar-refractivity contribution in [3.05, 3.63) is 28.8 Å². The van der Waals surface area contributed by atoms with Crippen molar-refractivity contribution < 1.29 is 13.2 Å². The second-order valence-electron chi connectivity index (χ2n) is 5.69. The van der Waals surface area contributed by atoms with Crippen LogP contribution in [-0.2, 0) is 14.8 Å². The van der Waals surface area contributed by atoms with Crippen LogP contribution in [0.15, 0.2) is 23.1 Å². The lowest BCUT2D eigenvalue weighted by Crippen LogP contribution is -2.46. The summed E-state index contributed by atoms with van der Waals surface area (Å²) in [7, 11) is -3.63. The third-order valence-electron chi connectivity index (χ3n) is 3.95. The van der Waals surface area contributed by atoms with E-state index in [-0.39, 0.29) is 23.3 Å². The van der Waals surface area contributed by atoms with E-state index < -0.39 is 10.0 Å². The molecule has 0 bridgehead atoms. The quantitative estimate of drug-likeness (QED) is 0.824. The van der Waals surface area contributed by atoms with Crippen LogP contribution in [0.4, 0.5) is 0 Å². The molecule has 1 unspecified atom stereocenters. The highest BCUT2D eigenvalue weighted by Gasteiger charge is 2.33. The minimum atomic E-state index is -3.63. The molecule has 128 valence electrons. The van der Waals surface area contributed by atoms with Crippen LogP contribution < -0.4 is 11.1 Å². The van der Waals surface area contributed by atoms with Gasteiger partial charge in [-0.3, -0.25) is 4.79 Å². The van der Waals surface area contributed by atoms with Crippen molar-refractivity contribution in [3.63, 3.8) is 0 Å². The maximum Gasteiger partial charge on any atom is 0.243 e. The molecule has 1 amide bonds. The number of piperidine rings is 1. The Morgan fingerprint density at radius 2 is 2.22 bits per heavy atom. The van der Waals surface area contributed by atoms with Crippen molar-refractivity contribution >= 4 is 27.5 Å². The lowest BCUT2D eigenvalue weighted by molar-refractivity contribution is -0.126. The molecule has 1 fully saturated rings. The maximum atomic E-state index is 12.8. The van der Waals surface area contributed by atoms with Gasteiger partial charge in [0.15, 0.2) is 0 Å². The van der Waals surface area contributed by atoms with Gasteiger partial charge in [-0.1, -0.05) is 11.6 Å². The zero-order valence-electron chi connectivity index (χ0n) is 13.1. The number of aryl methyl sites for hydroxylation is 1. The number of sulfonamides is 1. The molecule has 3 N–H and O–H groups in total. The minimum Gasteiger partial charge on any atom is -0.355 e. The Morgan fingerprint density at radius 1 is 1.48 bits per heavy atom. The molecule has 8 heteroatoms. The molecular formula is C15H22ClN3O3S. The molecule has 0 saturated carbocycles. The number of hydrogen-bond donors (Lipinski definition) is 2. The molecule has 1 aromatic rings. The zero-order valence-corrected chi connectivity index (χ0v) is 14.7. The number of nitrogens with one attached hydrogen (secondary N) is 1. The first-order valence-corrected chi connectivity index (χ1v) is 9.42. The number of nitrogens with two attached hydrogens (primary N) is 1. The first kappa shape index (κ1) is 18.2. The monoisotopic (exact) mass is 359 g/mol. The highest BCUT2D eigenvalue weighted by Crippen LogP contribution is 2.27. The molecule has 1 aliphatic heterocycles. The molecule has 6 nitrogen and oxygen atoms in total. The third-order valence-corrected chi connectivity index (χ3v) is 6.21. The van der Waals surface area contributed by atoms with E-state index in [0.29, 0.717) is 43.1 Å². The van der Waals surface area contributed by atoms with Gasteiger partial charge in [-0.25, -0.2) is 8.42 Å². The predicted molar refractivity (Wildman–Crippen MR) is 89.7 cm³/mol. The molecule has 0 radical (unpaired) electrons. The van der Waals surface area contributed by atoms with Gasteiger partial charge in [-0.05, 0) is 43.5 Å². The Bertz CT molecular complexity index is 679. The summed E-state index contributed by atoms with van der Waals surface area (Å²) in [6, 6.07) is 4.71. The van der Waals surface area contributed by atoms with Gasteiger partial charge in [-0.2, -0.15) is 4.31 Å². The number of benzene rings is 1. The predicted octanol–water partition coefficient (Wildman–Crippen LogP) is 1.12. The number of carbonyl (C=O) groups excluding carboxylic acids is 1. The van der Waals surface area contributed by atoms with Gasteiger partial charge in [0, 0.05) is 31.2 Å². The van der Waals surface area contributed by atoms with Crippen LogP contribution in [0.1, 0.15) is 18.4 Å². The Morgan fingerprint density at radius 3 is 2.87 bits per heavy atom. The van der Waals surface area contributed by atoms with Gasteiger partial charge in [0.1, 0.15) is 0 Å². The van der Waals surface area contributed by atoms with Crippen molar-refractivity contribution in [2.24, 2.45) is 11.7 Å². The second-order valence-corrected chi connectivity index (χ2v) is 8.03. The van der Waals surface area contributed by atoms with Crippen LogP contribution in [0, 0.1) is 12.8 Å². The van der Waals surface area contributed by atoms with Crippen molar-refractivity contribution in [1.29, 1.82) is 0 Å². The summed E-state index contributed by atoms with van der Waals surface area (Å²) in [5, 5.41) is 3.23. The second kappa shape index (κ2) is 7.61. The zero-order chi connectivity index (χ0) is 17.0. The molecule has 0 aromatic heterocycles. The highest BCUT2D eigenvalue weighted by molar-refractivity contribution is 7.89. The first-order valence-electron chi connectivity index (χ1n) is 7.60. The summed E-state index contributed by atoms with van der Waals surface area (Å²) in [5.74, 6) is -0.471. The topological polar surface area (TPSA) is 92.5 Å². The average Bonchev–Trinajstić information content (AvgIpc) is 2.52. The summed E-state index contributed by atoms with van der Waals surface area (Å²) in [4.78, 5) is 12.3. The molecule has 1 atom stereocenters. The summed E-state index contributed by atoms with van der Waals surface area (Å²) < 4.78 is 27.1. The number of hydrogen-bond acceptors (Lipinski definition) is 4. The van der Waals surface area contributed by atoms with Gasteiger partial charge in [0.05, 0.1) is 10.8 Å². The molecule has 1 heterocycles. The van der Waals surface area contributed by atoms with E-state index >= 15 is 0 Å². The van der Waals surface area contributed by atoms with Crippen molar-refractivity contribution in [1.82, 2.24) is 9.62 Å². The van der Waals surface area contributed by atoms with E-state index in [1.807, 2.05) is 0 Å². The van der Waals surface area contributed by atoms with E-state index in [9.17, 15) is 13.2 Å². The van der Waals surface area contributed by atoms with E-state index in [1.54, 1.807) is 19.1 Å². The normalized spacial score (nSPS) is 19.5. The Kier molecular flexibility index (Phi) is 6.02. The van der Waals surface area contributed by atoms with Gasteiger partial charge in [-0.15, -0.1) is 0 Å². The van der Waals surface area contributed by atoms with E-state index in [2.05, 4.69) is 5.32 Å². The number of carbonyl (C=O) groups is 1. The largest absolute Gasteiger partial charge is 0.355 e. The SMILES string of the molecule is Cc1cc(Cl)ccc1S(=O)(=O)N1CCCC(C(=O)NCCN)C1. The fraction of sp³-hybridized carbons (Fsp3) is 0.533. The van der Waals surface area contributed by atoms with Crippen molar-refractivity contribution in [3.8, 4) is 0 Å². The molecule has 0 aliphatic carbocycles. The Labute approximate surface area is 142 Å². The summed E-state index contributed by atoms with van der Waals surface area (Å²) >= 11 is 5.89. The van der Waals surface area contributed by atoms with Gasteiger partial charge >= 0.3 is 0 Å². The van der Waals surface area contributed by atoms with Gasteiger partial charge in [0.25, 0.3) is 0 Å². The summed E-state index contributed by atoms with van der Waals surface area (Å²) in [6.07, 6.45) is 1.34. The van der Waals surface area contributed by atoms with Crippen molar-refractivity contribution in [2.75, 3.05) is 26.2 Å². The molecule has 2 rings (SSSR count). The molecule has 1 aromatic carbocycles. The molecular weight excluding hydrogens is 338 g/mol. The van der Waals surface area contributed by atoms with Gasteiger partial charge in [0.2, 0.25) is 15.9 Å². The van der Waals surface area contributed by atoms with Crippen LogP contribution in [-0.4, -0.2) is 44.8 Å².